The van der Waals surface area contributed by atoms with E-state index in [1.165, 1.54) is 12.8 Å². The quantitative estimate of drug-likeness (QED) is 0.689. The van der Waals surface area contributed by atoms with Crippen molar-refractivity contribution in [2.75, 3.05) is 13.1 Å². The zero-order valence-electron chi connectivity index (χ0n) is 14.2. The minimum absolute atomic E-state index is 0.234. The van der Waals surface area contributed by atoms with Crippen LogP contribution in [0.1, 0.15) is 46.1 Å². The third-order valence-electron chi connectivity index (χ3n) is 3.61. The molecule has 22 heavy (non-hydrogen) atoms. The third kappa shape index (κ3) is 5.20. The summed E-state index contributed by atoms with van der Waals surface area (Å²) in [4.78, 5) is 11.0. The molecule has 2 N–H and O–H groups in total. The van der Waals surface area contributed by atoms with Gasteiger partial charge >= 0.3 is 0 Å². The molecular formula is C17H28N4O. The zero-order chi connectivity index (χ0) is 16.2. The number of ether oxygens (including phenoxy) is 1. The summed E-state index contributed by atoms with van der Waals surface area (Å²) in [6.45, 7) is 10.9. The first-order chi connectivity index (χ1) is 10.3. The standard InChI is InChI=1S/C17H28N4O/c1-13-6-5-9-21(12-13)16(18)20-11-14-7-8-15(19-10-14)22-17(2,3)4/h7-8,10,13H,5-6,9,11-12H2,1-4H3,(H2,18,20). The molecule has 0 bridgehead atoms. The van der Waals surface area contributed by atoms with Gasteiger partial charge in [-0.3, -0.25) is 0 Å². The highest BCUT2D eigenvalue weighted by Gasteiger charge is 2.17. The fourth-order valence-corrected chi connectivity index (χ4v) is 2.55. The SMILES string of the molecule is CC1CCCN(C(N)=NCc2ccc(OC(C)(C)C)nc2)C1. The Morgan fingerprint density at radius 2 is 2.23 bits per heavy atom. The Balaban J connectivity index is 1.91. The maximum absolute atomic E-state index is 6.10. The van der Waals surface area contributed by atoms with Crippen LogP contribution in [-0.4, -0.2) is 34.5 Å². The molecule has 0 aromatic carbocycles. The smallest absolute Gasteiger partial charge is 0.213 e. The van der Waals surface area contributed by atoms with E-state index < -0.39 is 0 Å². The summed E-state index contributed by atoms with van der Waals surface area (Å²) in [5, 5.41) is 0. The zero-order valence-corrected chi connectivity index (χ0v) is 14.2. The fraction of sp³-hybridized carbons (Fsp3) is 0.647. The first-order valence-electron chi connectivity index (χ1n) is 8.02. The molecular weight excluding hydrogens is 276 g/mol. The molecule has 1 aliphatic heterocycles. The number of hydrogen-bond acceptors (Lipinski definition) is 3. The maximum atomic E-state index is 6.10. The van der Waals surface area contributed by atoms with Crippen LogP contribution in [0.15, 0.2) is 23.3 Å². The van der Waals surface area contributed by atoms with Crippen LogP contribution in [0.25, 0.3) is 0 Å². The van der Waals surface area contributed by atoms with Gasteiger partial charge in [0.25, 0.3) is 0 Å². The Bertz CT molecular complexity index is 504. The molecule has 0 radical (unpaired) electrons. The summed E-state index contributed by atoms with van der Waals surface area (Å²) >= 11 is 0. The number of rotatable bonds is 3. The van der Waals surface area contributed by atoms with Crippen LogP contribution in [0.5, 0.6) is 5.88 Å². The van der Waals surface area contributed by atoms with Gasteiger partial charge in [-0.15, -0.1) is 0 Å². The molecule has 2 rings (SSSR count). The van der Waals surface area contributed by atoms with E-state index in [0.717, 1.165) is 18.7 Å². The van der Waals surface area contributed by atoms with Gasteiger partial charge in [0, 0.05) is 25.4 Å². The number of piperidine rings is 1. The van der Waals surface area contributed by atoms with E-state index >= 15 is 0 Å². The molecule has 5 nitrogen and oxygen atoms in total. The summed E-state index contributed by atoms with van der Waals surface area (Å²) in [7, 11) is 0. The molecule has 1 atom stereocenters. The van der Waals surface area contributed by atoms with Crippen LogP contribution < -0.4 is 10.5 Å². The number of nitrogens with zero attached hydrogens (tertiary/aromatic N) is 3. The number of guanidine groups is 1. The van der Waals surface area contributed by atoms with Gasteiger partial charge in [0.1, 0.15) is 5.60 Å². The van der Waals surface area contributed by atoms with E-state index in [1.54, 1.807) is 6.20 Å². The fourth-order valence-electron chi connectivity index (χ4n) is 2.55. The molecule has 1 fully saturated rings. The second-order valence-corrected chi connectivity index (χ2v) is 7.09. The topological polar surface area (TPSA) is 63.7 Å². The molecule has 0 amide bonds. The summed E-state index contributed by atoms with van der Waals surface area (Å²) in [6.07, 6.45) is 4.28. The van der Waals surface area contributed by atoms with E-state index in [9.17, 15) is 0 Å². The highest BCUT2D eigenvalue weighted by molar-refractivity contribution is 5.78. The molecule has 1 saturated heterocycles. The second kappa shape index (κ2) is 6.99. The Labute approximate surface area is 133 Å². The monoisotopic (exact) mass is 304 g/mol. The van der Waals surface area contributed by atoms with Gasteiger partial charge in [-0.05, 0) is 45.1 Å². The first kappa shape index (κ1) is 16.6. The van der Waals surface area contributed by atoms with Gasteiger partial charge in [0.2, 0.25) is 5.88 Å². The van der Waals surface area contributed by atoms with Crippen molar-refractivity contribution in [2.45, 2.75) is 52.7 Å². The van der Waals surface area contributed by atoms with Crippen molar-refractivity contribution in [2.24, 2.45) is 16.6 Å². The molecule has 5 heteroatoms. The van der Waals surface area contributed by atoms with Gasteiger partial charge in [-0.1, -0.05) is 13.0 Å². The number of hydrogen-bond donors (Lipinski definition) is 1. The van der Waals surface area contributed by atoms with Gasteiger partial charge < -0.3 is 15.4 Å². The lowest BCUT2D eigenvalue weighted by Crippen LogP contribution is -2.43. The van der Waals surface area contributed by atoms with E-state index in [0.29, 0.717) is 24.3 Å². The average Bonchev–Trinajstić information content (AvgIpc) is 2.44. The molecule has 1 aliphatic rings. The summed E-state index contributed by atoms with van der Waals surface area (Å²) < 4.78 is 5.71. The molecule has 1 aromatic rings. The summed E-state index contributed by atoms with van der Waals surface area (Å²) in [5.41, 5.74) is 6.90. The lowest BCUT2D eigenvalue weighted by molar-refractivity contribution is 0.124. The van der Waals surface area contributed by atoms with E-state index in [1.807, 2.05) is 32.9 Å². The van der Waals surface area contributed by atoms with Crippen LogP contribution in [0.4, 0.5) is 0 Å². The summed E-state index contributed by atoms with van der Waals surface area (Å²) in [6, 6.07) is 3.87. The predicted molar refractivity (Wildman–Crippen MR) is 89.9 cm³/mol. The van der Waals surface area contributed by atoms with Crippen molar-refractivity contribution in [1.82, 2.24) is 9.88 Å². The van der Waals surface area contributed by atoms with Crippen molar-refractivity contribution in [3.63, 3.8) is 0 Å². The number of aromatic nitrogens is 1. The Kier molecular flexibility index (Phi) is 5.27. The van der Waals surface area contributed by atoms with Crippen LogP contribution >= 0.6 is 0 Å². The van der Waals surface area contributed by atoms with Crippen LogP contribution in [-0.2, 0) is 6.54 Å². The van der Waals surface area contributed by atoms with Crippen molar-refractivity contribution in [3.8, 4) is 5.88 Å². The number of likely N-dealkylation sites (tertiary alicyclic amines) is 1. The van der Waals surface area contributed by atoms with E-state index in [-0.39, 0.29) is 5.60 Å². The van der Waals surface area contributed by atoms with E-state index in [4.69, 9.17) is 10.5 Å². The largest absolute Gasteiger partial charge is 0.472 e. The average molecular weight is 304 g/mol. The number of aliphatic imine (C=N–C) groups is 1. The molecule has 0 spiro atoms. The lowest BCUT2D eigenvalue weighted by atomic mass is 10.0. The van der Waals surface area contributed by atoms with Crippen molar-refractivity contribution >= 4 is 5.96 Å². The van der Waals surface area contributed by atoms with Crippen molar-refractivity contribution < 1.29 is 4.74 Å². The van der Waals surface area contributed by atoms with E-state index in [2.05, 4.69) is 21.8 Å². The highest BCUT2D eigenvalue weighted by atomic mass is 16.5. The number of nitrogens with two attached hydrogens (primary N) is 1. The first-order valence-corrected chi connectivity index (χ1v) is 8.02. The maximum Gasteiger partial charge on any atom is 0.213 e. The van der Waals surface area contributed by atoms with Gasteiger partial charge in [-0.2, -0.15) is 0 Å². The Morgan fingerprint density at radius 3 is 2.82 bits per heavy atom. The normalized spacial score (nSPS) is 20.1. The van der Waals surface area contributed by atoms with Crippen molar-refractivity contribution in [1.29, 1.82) is 0 Å². The molecule has 2 heterocycles. The lowest BCUT2D eigenvalue weighted by Gasteiger charge is -2.31. The van der Waals surface area contributed by atoms with Gasteiger partial charge in [-0.25, -0.2) is 9.98 Å². The molecule has 0 aliphatic carbocycles. The van der Waals surface area contributed by atoms with Crippen molar-refractivity contribution in [3.05, 3.63) is 23.9 Å². The summed E-state index contributed by atoms with van der Waals surface area (Å²) in [5.74, 6) is 1.97. The van der Waals surface area contributed by atoms with Crippen LogP contribution in [0.2, 0.25) is 0 Å². The predicted octanol–water partition coefficient (Wildman–Crippen LogP) is 2.81. The third-order valence-corrected chi connectivity index (χ3v) is 3.61. The molecule has 122 valence electrons. The molecule has 1 unspecified atom stereocenters. The molecule has 1 aromatic heterocycles. The minimum Gasteiger partial charge on any atom is -0.472 e. The van der Waals surface area contributed by atoms with Crippen LogP contribution in [0.3, 0.4) is 0 Å². The van der Waals surface area contributed by atoms with Gasteiger partial charge in [0.15, 0.2) is 5.96 Å². The second-order valence-electron chi connectivity index (χ2n) is 7.09. The molecule has 0 saturated carbocycles. The highest BCUT2D eigenvalue weighted by Crippen LogP contribution is 2.17. The van der Waals surface area contributed by atoms with Gasteiger partial charge in [0.05, 0.1) is 6.54 Å². The Morgan fingerprint density at radius 1 is 1.45 bits per heavy atom. The Hall–Kier alpha value is -1.78. The van der Waals surface area contributed by atoms with Crippen LogP contribution in [0, 0.1) is 5.92 Å². The minimum atomic E-state index is -0.234. The number of pyridine rings is 1.